The Morgan fingerprint density at radius 2 is 2.17 bits per heavy atom. The fraction of sp³-hybridized carbons (Fsp3) is 0.333. The van der Waals surface area contributed by atoms with E-state index in [1.165, 1.54) is 24.1 Å². The second-order valence-electron chi connectivity index (χ2n) is 6.84. The van der Waals surface area contributed by atoms with Gasteiger partial charge < -0.3 is 20.7 Å². The van der Waals surface area contributed by atoms with Crippen LogP contribution in [0.1, 0.15) is 38.3 Å². The van der Waals surface area contributed by atoms with Crippen LogP contribution in [-0.2, 0) is 11.3 Å². The molecule has 1 aromatic carbocycles. The molecular weight excluding hydrogens is 384 g/mol. The number of amides is 2. The molecule has 0 spiro atoms. The molecule has 3 N–H and O–H groups in total. The third-order valence-corrected chi connectivity index (χ3v) is 4.84. The molecule has 1 aliphatic carbocycles. The number of anilines is 3. The smallest absolute Gasteiger partial charge is 0.254 e. The summed E-state index contributed by atoms with van der Waals surface area (Å²) in [6.07, 6.45) is 4.25. The molecule has 4 rings (SSSR count). The molecule has 0 radical (unpaired) electrons. The zero-order valence-corrected chi connectivity index (χ0v) is 16.2. The van der Waals surface area contributed by atoms with Gasteiger partial charge in [-0.2, -0.15) is 5.10 Å². The van der Waals surface area contributed by atoms with Crippen LogP contribution in [0.5, 0.6) is 5.75 Å². The lowest BCUT2D eigenvalue weighted by Crippen LogP contribution is -2.20. The van der Waals surface area contributed by atoms with Crippen LogP contribution in [0.2, 0.25) is 0 Å². The molecule has 1 saturated carbocycles. The molecule has 30 heavy (non-hydrogen) atoms. The van der Waals surface area contributed by atoms with Crippen molar-refractivity contribution < 1.29 is 22.6 Å². The molecule has 0 bridgehead atoms. The minimum Gasteiger partial charge on any atom is -0.492 e. The van der Waals surface area contributed by atoms with Gasteiger partial charge in [0, 0.05) is 45.3 Å². The number of rotatable bonds is 7. The lowest BCUT2D eigenvalue weighted by atomic mass is 10.1. The van der Waals surface area contributed by atoms with Crippen LogP contribution in [-0.4, -0.2) is 40.7 Å². The van der Waals surface area contributed by atoms with Crippen molar-refractivity contribution in [3.8, 4) is 5.75 Å². The summed E-state index contributed by atoms with van der Waals surface area (Å²) in [6.45, 7) is -5.37. The minimum atomic E-state index is -2.73. The quantitative estimate of drug-likeness (QED) is 0.548. The normalized spacial score (nSPS) is 17.0. The SMILES string of the molecule is [2H]C([2H])([2H])Cn1ncc2ccc(Nc3cc(NC(=O)C4CC4)ncc3C(=O)NC([2H])([2H])[2H])c(OC)c21. The first-order valence-corrected chi connectivity index (χ1v) is 9.27. The van der Waals surface area contributed by atoms with Crippen molar-refractivity contribution in [3.63, 3.8) is 0 Å². The summed E-state index contributed by atoms with van der Waals surface area (Å²) in [6, 6.07) is 4.76. The predicted molar refractivity (Wildman–Crippen MR) is 114 cm³/mol. The largest absolute Gasteiger partial charge is 0.492 e. The number of aromatic nitrogens is 3. The number of hydrogen-bond acceptors (Lipinski definition) is 6. The number of carbonyl (C=O) groups excluding carboxylic acids is 2. The molecule has 2 amide bonds. The number of hydrogen-bond donors (Lipinski definition) is 3. The first kappa shape index (κ1) is 13.6. The highest BCUT2D eigenvalue weighted by Crippen LogP contribution is 2.37. The lowest BCUT2D eigenvalue weighted by molar-refractivity contribution is -0.117. The molecule has 0 unspecified atom stereocenters. The lowest BCUT2D eigenvalue weighted by Gasteiger charge is -2.16. The molecule has 1 aliphatic rings. The van der Waals surface area contributed by atoms with Crippen LogP contribution < -0.4 is 20.7 Å². The zero-order valence-electron chi connectivity index (χ0n) is 22.2. The van der Waals surface area contributed by atoms with E-state index in [-0.39, 0.29) is 41.2 Å². The number of fused-ring (bicyclic) bond motifs is 1. The van der Waals surface area contributed by atoms with Crippen molar-refractivity contribution in [3.05, 3.63) is 36.2 Å². The fourth-order valence-electron chi connectivity index (χ4n) is 3.17. The Hall–Kier alpha value is -3.62. The Labute approximate surface area is 182 Å². The van der Waals surface area contributed by atoms with Gasteiger partial charge >= 0.3 is 0 Å². The van der Waals surface area contributed by atoms with Gasteiger partial charge in [0.1, 0.15) is 11.3 Å². The van der Waals surface area contributed by atoms with Crippen molar-refractivity contribution in [1.82, 2.24) is 20.1 Å². The van der Waals surface area contributed by atoms with E-state index in [0.29, 0.717) is 16.6 Å². The molecule has 9 nitrogen and oxygen atoms in total. The Morgan fingerprint density at radius 1 is 1.30 bits per heavy atom. The highest BCUT2D eigenvalue weighted by molar-refractivity contribution is 6.02. The maximum absolute atomic E-state index is 12.7. The summed E-state index contributed by atoms with van der Waals surface area (Å²) in [5.41, 5.74) is 0.834. The van der Waals surface area contributed by atoms with Gasteiger partial charge in [0.15, 0.2) is 5.75 Å². The maximum Gasteiger partial charge on any atom is 0.254 e. The number of nitrogens with zero attached hydrogens (tertiary/aromatic N) is 3. The molecule has 2 aromatic heterocycles. The predicted octanol–water partition coefficient (Wildman–Crippen LogP) is 2.91. The monoisotopic (exact) mass is 414 g/mol. The number of nitrogens with one attached hydrogen (secondary N) is 3. The van der Waals surface area contributed by atoms with Gasteiger partial charge in [-0.25, -0.2) is 4.98 Å². The molecular formula is C21H24N6O3. The highest BCUT2D eigenvalue weighted by atomic mass is 16.5. The van der Waals surface area contributed by atoms with Crippen LogP contribution in [0.3, 0.4) is 0 Å². The number of aryl methyl sites for hydroxylation is 1. The average Bonchev–Trinajstić information content (AvgIpc) is 3.54. The first-order chi connectivity index (χ1) is 16.8. The zero-order chi connectivity index (χ0) is 26.3. The van der Waals surface area contributed by atoms with Crippen molar-refractivity contribution in [2.45, 2.75) is 26.2 Å². The second kappa shape index (κ2) is 8.02. The van der Waals surface area contributed by atoms with Crippen molar-refractivity contribution >= 4 is 39.9 Å². The summed E-state index contributed by atoms with van der Waals surface area (Å²) >= 11 is 0. The van der Waals surface area contributed by atoms with Crippen molar-refractivity contribution in [2.24, 2.45) is 5.92 Å². The first-order valence-electron chi connectivity index (χ1n) is 12.3. The third kappa shape index (κ3) is 3.66. The molecule has 9 heteroatoms. The van der Waals surface area contributed by atoms with Crippen molar-refractivity contribution in [2.75, 3.05) is 24.7 Å². The average molecular weight is 414 g/mol. The number of benzene rings is 1. The van der Waals surface area contributed by atoms with Crippen LogP contribution in [0.4, 0.5) is 17.2 Å². The van der Waals surface area contributed by atoms with Gasteiger partial charge in [0.2, 0.25) is 5.91 Å². The third-order valence-electron chi connectivity index (χ3n) is 4.84. The number of pyridine rings is 1. The summed E-state index contributed by atoms with van der Waals surface area (Å²) in [4.78, 5) is 29.0. The van der Waals surface area contributed by atoms with Gasteiger partial charge in [-0.1, -0.05) is 0 Å². The summed E-state index contributed by atoms with van der Waals surface area (Å²) < 4.78 is 51.7. The molecule has 3 aromatic rings. The molecule has 0 aliphatic heterocycles. The van der Waals surface area contributed by atoms with Crippen LogP contribution in [0.15, 0.2) is 30.6 Å². The Morgan fingerprint density at radius 3 is 2.90 bits per heavy atom. The molecule has 1 fully saturated rings. The number of ether oxygens (including phenoxy) is 1. The van der Waals surface area contributed by atoms with Crippen molar-refractivity contribution in [1.29, 1.82) is 0 Å². The molecule has 0 saturated heterocycles. The second-order valence-corrected chi connectivity index (χ2v) is 6.84. The Balaban J connectivity index is 1.75. The van der Waals surface area contributed by atoms with E-state index in [1.54, 1.807) is 12.1 Å². The standard InChI is InChI=1S/C21H24N6O3/c1-4-27-18-13(10-24-27)7-8-15(19(18)30-3)25-16-9-17(26-20(28)12-5-6-12)23-11-14(16)21(29)22-2/h7-12H,4-6H2,1-3H3,(H,22,29)(H2,23,25,26,28)/i1D3,2D3. The van der Waals surface area contributed by atoms with E-state index in [9.17, 15) is 9.59 Å². The van der Waals surface area contributed by atoms with E-state index >= 15 is 0 Å². The Bertz CT molecular complexity index is 1320. The van der Waals surface area contributed by atoms with E-state index in [4.69, 9.17) is 13.0 Å². The van der Waals surface area contributed by atoms with E-state index < -0.39 is 19.7 Å². The Kier molecular flexibility index (Phi) is 3.63. The fourth-order valence-corrected chi connectivity index (χ4v) is 3.17. The van der Waals surface area contributed by atoms with E-state index in [1.807, 2.05) is 5.32 Å². The summed E-state index contributed by atoms with van der Waals surface area (Å²) in [5.74, 6) is -0.745. The minimum absolute atomic E-state index is 0.0808. The van der Waals surface area contributed by atoms with Gasteiger partial charge in [0.05, 0.1) is 30.2 Å². The van der Waals surface area contributed by atoms with Crippen LogP contribution in [0.25, 0.3) is 10.9 Å². The van der Waals surface area contributed by atoms with E-state index in [2.05, 4.69) is 20.7 Å². The van der Waals surface area contributed by atoms with Gasteiger partial charge in [-0.15, -0.1) is 0 Å². The topological polar surface area (TPSA) is 110 Å². The number of carbonyl (C=O) groups is 2. The number of methoxy groups -OCH3 is 1. The van der Waals surface area contributed by atoms with Crippen LogP contribution in [0, 0.1) is 5.92 Å². The van der Waals surface area contributed by atoms with Gasteiger partial charge in [-0.3, -0.25) is 14.3 Å². The van der Waals surface area contributed by atoms with Crippen LogP contribution >= 0.6 is 0 Å². The van der Waals surface area contributed by atoms with Gasteiger partial charge in [0.25, 0.3) is 5.91 Å². The van der Waals surface area contributed by atoms with Gasteiger partial charge in [-0.05, 0) is 31.8 Å². The van der Waals surface area contributed by atoms with E-state index in [0.717, 1.165) is 19.0 Å². The highest BCUT2D eigenvalue weighted by Gasteiger charge is 2.30. The molecule has 0 atom stereocenters. The summed E-state index contributed by atoms with van der Waals surface area (Å²) in [7, 11) is 1.41. The molecule has 156 valence electrons. The maximum atomic E-state index is 12.7. The summed E-state index contributed by atoms with van der Waals surface area (Å²) in [5, 5.41) is 12.5. The molecule has 2 heterocycles.